The molecule has 0 radical (unpaired) electrons. The Bertz CT molecular complexity index is 3370. The Balaban J connectivity index is 0.955. The molecule has 0 saturated carbocycles. The molecule has 0 bridgehead atoms. The summed E-state index contributed by atoms with van der Waals surface area (Å²) in [5, 5.41) is 2.58. The zero-order chi connectivity index (χ0) is 41.7. The van der Waals surface area contributed by atoms with Gasteiger partial charge in [0.2, 0.25) is 0 Å². The van der Waals surface area contributed by atoms with Gasteiger partial charge in [-0.3, -0.25) is 0 Å². The van der Waals surface area contributed by atoms with Crippen molar-refractivity contribution in [3.05, 3.63) is 229 Å². The van der Waals surface area contributed by atoms with E-state index in [1.54, 1.807) is 0 Å². The Kier molecular flexibility index (Phi) is 7.96. The fourth-order valence-corrected chi connectivity index (χ4v) is 10.7. The van der Waals surface area contributed by atoms with E-state index in [1.165, 1.54) is 94.3 Å². The molecule has 62 heavy (non-hydrogen) atoms. The second-order valence-corrected chi connectivity index (χ2v) is 18.2. The first kappa shape index (κ1) is 36.4. The second-order valence-electron chi connectivity index (χ2n) is 18.2. The van der Waals surface area contributed by atoms with Gasteiger partial charge in [0.1, 0.15) is 0 Å². The number of hydrogen-bond donors (Lipinski definition) is 0. The van der Waals surface area contributed by atoms with Crippen molar-refractivity contribution in [2.45, 2.75) is 38.5 Å². The van der Waals surface area contributed by atoms with Gasteiger partial charge in [-0.1, -0.05) is 173 Å². The molecule has 0 atom stereocenters. The molecule has 0 amide bonds. The van der Waals surface area contributed by atoms with E-state index in [2.05, 4.69) is 243 Å². The van der Waals surface area contributed by atoms with E-state index in [0.29, 0.717) is 0 Å². The summed E-state index contributed by atoms with van der Waals surface area (Å²) in [5.41, 5.74) is 22.4. The van der Waals surface area contributed by atoms with Crippen LogP contribution < -0.4 is 4.90 Å². The van der Waals surface area contributed by atoms with Crippen molar-refractivity contribution >= 4 is 38.9 Å². The van der Waals surface area contributed by atoms with E-state index in [1.807, 2.05) is 0 Å². The zero-order valence-electron chi connectivity index (χ0n) is 35.5. The molecule has 1 aliphatic carbocycles. The number of anilines is 3. The molecule has 0 N–H and O–H groups in total. The Morgan fingerprint density at radius 1 is 0.339 bits per heavy atom. The largest absolute Gasteiger partial charge is 0.310 e. The molecule has 12 rings (SSSR count). The van der Waals surface area contributed by atoms with Gasteiger partial charge in [0, 0.05) is 38.7 Å². The number of aromatic nitrogens is 1. The topological polar surface area (TPSA) is 8.17 Å². The SMILES string of the molecule is CC1(C)c2ccccc2-c2ccc(N(c3ccc(-c4ccccc4)cc3)c3ccc(-c4ccc5c(c4)c4cccc6c4n5-c4ccc(-c5ccccc5)cc4C6(C)C)cc3)cc21. The maximum atomic E-state index is 2.51. The number of rotatable bonds is 6. The number of para-hydroxylation sites is 1. The molecule has 0 fully saturated rings. The van der Waals surface area contributed by atoms with Gasteiger partial charge in [0.15, 0.2) is 0 Å². The lowest BCUT2D eigenvalue weighted by molar-refractivity contribution is 0.630. The molecule has 1 aliphatic heterocycles. The molecule has 2 heteroatoms. The minimum absolute atomic E-state index is 0.0976. The molecule has 9 aromatic carbocycles. The molecule has 2 nitrogen and oxygen atoms in total. The summed E-state index contributed by atoms with van der Waals surface area (Å²) in [6.07, 6.45) is 0. The van der Waals surface area contributed by atoms with Crippen LogP contribution in [-0.4, -0.2) is 4.57 Å². The maximum Gasteiger partial charge on any atom is 0.0582 e. The first-order valence-corrected chi connectivity index (χ1v) is 21.8. The average Bonchev–Trinajstić information content (AvgIpc) is 3.77. The highest BCUT2D eigenvalue weighted by Crippen LogP contribution is 2.52. The Hall–Kier alpha value is -7.42. The summed E-state index contributed by atoms with van der Waals surface area (Å²) in [6, 6.07) is 76.4. The summed E-state index contributed by atoms with van der Waals surface area (Å²) in [7, 11) is 0. The molecule has 0 unspecified atom stereocenters. The van der Waals surface area contributed by atoms with Gasteiger partial charge >= 0.3 is 0 Å². The van der Waals surface area contributed by atoms with Crippen molar-refractivity contribution < 1.29 is 0 Å². The third kappa shape index (κ3) is 5.43. The van der Waals surface area contributed by atoms with E-state index in [4.69, 9.17) is 0 Å². The second kappa shape index (κ2) is 13.5. The summed E-state index contributed by atoms with van der Waals surface area (Å²) >= 11 is 0. The van der Waals surface area contributed by atoms with Gasteiger partial charge in [-0.25, -0.2) is 0 Å². The Labute approximate surface area is 364 Å². The molecule has 10 aromatic rings. The smallest absolute Gasteiger partial charge is 0.0582 e. The van der Waals surface area contributed by atoms with Crippen LogP contribution in [0.4, 0.5) is 17.1 Å². The van der Waals surface area contributed by atoms with Gasteiger partial charge in [-0.15, -0.1) is 0 Å². The molecule has 0 spiro atoms. The molecule has 296 valence electrons. The van der Waals surface area contributed by atoms with Crippen LogP contribution in [0, 0.1) is 0 Å². The van der Waals surface area contributed by atoms with Crippen LogP contribution in [0.25, 0.3) is 72.0 Å². The lowest BCUT2D eigenvalue weighted by Crippen LogP contribution is -2.26. The van der Waals surface area contributed by atoms with Crippen molar-refractivity contribution in [2.75, 3.05) is 4.90 Å². The molecule has 2 aliphatic rings. The van der Waals surface area contributed by atoms with Gasteiger partial charge < -0.3 is 9.47 Å². The van der Waals surface area contributed by atoms with Crippen molar-refractivity contribution in [2.24, 2.45) is 0 Å². The van der Waals surface area contributed by atoms with Gasteiger partial charge in [0.25, 0.3) is 0 Å². The normalized spacial score (nSPS) is 14.1. The van der Waals surface area contributed by atoms with Crippen molar-refractivity contribution in [3.8, 4) is 50.2 Å². The van der Waals surface area contributed by atoms with Crippen LogP contribution in [0.3, 0.4) is 0 Å². The lowest BCUT2D eigenvalue weighted by Gasteiger charge is -2.35. The summed E-state index contributed by atoms with van der Waals surface area (Å²) < 4.78 is 2.51. The van der Waals surface area contributed by atoms with E-state index in [9.17, 15) is 0 Å². The Morgan fingerprint density at radius 3 is 1.56 bits per heavy atom. The quantitative estimate of drug-likeness (QED) is 0.163. The average molecular weight is 795 g/mol. The highest BCUT2D eigenvalue weighted by molar-refractivity contribution is 6.12. The zero-order valence-corrected chi connectivity index (χ0v) is 35.5. The van der Waals surface area contributed by atoms with E-state index in [0.717, 1.165) is 17.1 Å². The molecular weight excluding hydrogens is 749 g/mol. The number of fused-ring (bicyclic) bond motifs is 8. The number of nitrogens with zero attached hydrogens (tertiary/aromatic N) is 2. The minimum Gasteiger partial charge on any atom is -0.310 e. The van der Waals surface area contributed by atoms with Crippen LogP contribution in [0.1, 0.15) is 49.9 Å². The van der Waals surface area contributed by atoms with Gasteiger partial charge in [0.05, 0.1) is 16.7 Å². The summed E-state index contributed by atoms with van der Waals surface area (Å²) in [6.45, 7) is 9.48. The fourth-order valence-electron chi connectivity index (χ4n) is 10.7. The fraction of sp³-hybridized carbons (Fsp3) is 0.100. The molecular formula is C60H46N2. The van der Waals surface area contributed by atoms with Crippen molar-refractivity contribution in [3.63, 3.8) is 0 Å². The van der Waals surface area contributed by atoms with E-state index >= 15 is 0 Å². The summed E-state index contributed by atoms with van der Waals surface area (Å²) in [4.78, 5) is 2.41. The lowest BCUT2D eigenvalue weighted by atomic mass is 9.74. The van der Waals surface area contributed by atoms with E-state index < -0.39 is 0 Å². The van der Waals surface area contributed by atoms with Gasteiger partial charge in [-0.2, -0.15) is 0 Å². The standard InChI is InChI=1S/C60H46N2/c1-59(2)52-20-12-11-18-48(52)49-33-32-47(38-54(49)59)61(45-28-22-41(23-29-45)39-14-7-5-8-15-39)46-30-24-42(25-31-46)43-26-34-56-51(36-43)50-19-13-21-53-58(50)62(56)57-35-27-44(37-55(57)60(53,3)4)40-16-9-6-10-17-40/h5-38H,1-4H3. The van der Waals surface area contributed by atoms with E-state index in [-0.39, 0.29) is 10.8 Å². The number of benzene rings is 9. The van der Waals surface area contributed by atoms with Crippen molar-refractivity contribution in [1.82, 2.24) is 4.57 Å². The monoisotopic (exact) mass is 794 g/mol. The molecule has 2 heterocycles. The van der Waals surface area contributed by atoms with Crippen LogP contribution in [-0.2, 0) is 10.8 Å². The molecule has 0 saturated heterocycles. The highest BCUT2D eigenvalue weighted by Gasteiger charge is 2.37. The predicted molar refractivity (Wildman–Crippen MR) is 261 cm³/mol. The third-order valence-electron chi connectivity index (χ3n) is 14.0. The van der Waals surface area contributed by atoms with Crippen LogP contribution >= 0.6 is 0 Å². The first-order chi connectivity index (χ1) is 30.3. The third-order valence-corrected chi connectivity index (χ3v) is 14.0. The van der Waals surface area contributed by atoms with Crippen LogP contribution in [0.2, 0.25) is 0 Å². The number of hydrogen-bond acceptors (Lipinski definition) is 1. The first-order valence-electron chi connectivity index (χ1n) is 21.8. The minimum atomic E-state index is -0.158. The summed E-state index contributed by atoms with van der Waals surface area (Å²) in [5.74, 6) is 0. The Morgan fingerprint density at radius 2 is 0.855 bits per heavy atom. The molecule has 1 aromatic heterocycles. The maximum absolute atomic E-state index is 2.51. The van der Waals surface area contributed by atoms with Crippen LogP contribution in [0.15, 0.2) is 206 Å². The van der Waals surface area contributed by atoms with Crippen LogP contribution in [0.5, 0.6) is 0 Å². The predicted octanol–water partition coefficient (Wildman–Crippen LogP) is 16.2. The highest BCUT2D eigenvalue weighted by atomic mass is 15.1. The van der Waals surface area contributed by atoms with Gasteiger partial charge in [-0.05, 0) is 127 Å². The van der Waals surface area contributed by atoms with Crippen molar-refractivity contribution in [1.29, 1.82) is 0 Å².